The summed E-state index contributed by atoms with van der Waals surface area (Å²) in [5.41, 5.74) is 0.432. The predicted octanol–water partition coefficient (Wildman–Crippen LogP) is 2.37. The molecule has 0 bridgehead atoms. The minimum atomic E-state index is 0.432. The molecule has 20 heavy (non-hydrogen) atoms. The molecule has 4 nitrogen and oxygen atoms in total. The topological polar surface area (TPSA) is 39.7 Å². The molecule has 0 amide bonds. The highest BCUT2D eigenvalue weighted by atomic mass is 16.5. The highest BCUT2D eigenvalue weighted by Crippen LogP contribution is 2.54. The molecule has 2 aliphatic rings. The lowest BCUT2D eigenvalue weighted by molar-refractivity contribution is -0.142. The lowest BCUT2D eigenvalue weighted by atomic mass is 9.60. The van der Waals surface area contributed by atoms with Crippen LogP contribution in [0.15, 0.2) is 0 Å². The molecule has 1 spiro atoms. The number of hydrogen-bond acceptors (Lipinski definition) is 4. The molecular weight excluding hydrogens is 254 g/mol. The van der Waals surface area contributed by atoms with Crippen molar-refractivity contribution in [1.82, 2.24) is 5.32 Å². The van der Waals surface area contributed by atoms with E-state index in [0.717, 1.165) is 13.2 Å². The van der Waals surface area contributed by atoms with Gasteiger partial charge in [0.1, 0.15) is 0 Å². The Kier molecular flexibility index (Phi) is 6.75. The fraction of sp³-hybridized carbons (Fsp3) is 1.00. The lowest BCUT2D eigenvalue weighted by Gasteiger charge is -2.54. The maximum absolute atomic E-state index is 6.10. The molecule has 2 rings (SSSR count). The molecule has 118 valence electrons. The van der Waals surface area contributed by atoms with E-state index in [4.69, 9.17) is 14.2 Å². The van der Waals surface area contributed by atoms with Gasteiger partial charge in [-0.1, -0.05) is 19.8 Å². The Bertz CT molecular complexity index is 266. The number of ether oxygens (including phenoxy) is 3. The molecule has 0 heterocycles. The molecule has 2 saturated carbocycles. The first-order valence-corrected chi connectivity index (χ1v) is 8.25. The molecule has 2 fully saturated rings. The van der Waals surface area contributed by atoms with Gasteiger partial charge in [0.05, 0.1) is 32.5 Å². The van der Waals surface area contributed by atoms with E-state index in [1.165, 1.54) is 38.5 Å². The van der Waals surface area contributed by atoms with Crippen LogP contribution in [0, 0.1) is 5.41 Å². The number of nitrogens with one attached hydrogen (secondary N) is 1. The highest BCUT2D eigenvalue weighted by Gasteiger charge is 2.56. The van der Waals surface area contributed by atoms with Gasteiger partial charge in [0.2, 0.25) is 0 Å². The zero-order valence-electron chi connectivity index (χ0n) is 13.2. The number of hydrogen-bond donors (Lipinski definition) is 1. The number of methoxy groups -OCH3 is 1. The van der Waals surface area contributed by atoms with E-state index in [1.807, 2.05) is 0 Å². The normalized spacial score (nSPS) is 27.9. The van der Waals surface area contributed by atoms with Crippen molar-refractivity contribution in [2.45, 2.75) is 57.6 Å². The maximum atomic E-state index is 6.10. The Labute approximate surface area is 123 Å². The second-order valence-corrected chi connectivity index (χ2v) is 6.15. The summed E-state index contributed by atoms with van der Waals surface area (Å²) in [7, 11) is 1.70. The smallest absolute Gasteiger partial charge is 0.0704 e. The van der Waals surface area contributed by atoms with E-state index in [-0.39, 0.29) is 0 Å². The minimum absolute atomic E-state index is 0.432. The van der Waals surface area contributed by atoms with Crippen LogP contribution in [0.3, 0.4) is 0 Å². The second kappa shape index (κ2) is 8.32. The third kappa shape index (κ3) is 3.73. The van der Waals surface area contributed by atoms with Crippen LogP contribution in [0.5, 0.6) is 0 Å². The van der Waals surface area contributed by atoms with E-state index >= 15 is 0 Å². The fourth-order valence-corrected chi connectivity index (χ4v) is 3.78. The largest absolute Gasteiger partial charge is 0.382 e. The Morgan fingerprint density at radius 3 is 2.55 bits per heavy atom. The Hall–Kier alpha value is -0.160. The summed E-state index contributed by atoms with van der Waals surface area (Å²) in [4.78, 5) is 0. The van der Waals surface area contributed by atoms with Gasteiger partial charge >= 0.3 is 0 Å². The van der Waals surface area contributed by atoms with Gasteiger partial charge in [0.25, 0.3) is 0 Å². The molecule has 0 aromatic rings. The van der Waals surface area contributed by atoms with Gasteiger partial charge in [0.15, 0.2) is 0 Å². The molecule has 0 aromatic carbocycles. The summed E-state index contributed by atoms with van der Waals surface area (Å²) in [5.74, 6) is 0. The molecule has 0 aliphatic heterocycles. The van der Waals surface area contributed by atoms with Crippen LogP contribution in [-0.2, 0) is 14.2 Å². The average molecular weight is 285 g/mol. The third-order valence-electron chi connectivity index (χ3n) is 4.94. The first-order valence-electron chi connectivity index (χ1n) is 8.25. The third-order valence-corrected chi connectivity index (χ3v) is 4.94. The van der Waals surface area contributed by atoms with Crippen molar-refractivity contribution in [3.05, 3.63) is 0 Å². The molecule has 1 N–H and O–H groups in total. The van der Waals surface area contributed by atoms with Gasteiger partial charge in [-0.3, -0.25) is 0 Å². The highest BCUT2D eigenvalue weighted by molar-refractivity contribution is 5.09. The van der Waals surface area contributed by atoms with Crippen LogP contribution >= 0.6 is 0 Å². The van der Waals surface area contributed by atoms with E-state index in [9.17, 15) is 0 Å². The van der Waals surface area contributed by atoms with Crippen LogP contribution in [0.25, 0.3) is 0 Å². The van der Waals surface area contributed by atoms with Crippen LogP contribution in [0.4, 0.5) is 0 Å². The van der Waals surface area contributed by atoms with Gasteiger partial charge in [-0.25, -0.2) is 0 Å². The Morgan fingerprint density at radius 2 is 1.85 bits per heavy atom. The minimum Gasteiger partial charge on any atom is -0.382 e. The van der Waals surface area contributed by atoms with Crippen molar-refractivity contribution >= 4 is 0 Å². The van der Waals surface area contributed by atoms with Crippen molar-refractivity contribution in [3.8, 4) is 0 Å². The summed E-state index contributed by atoms with van der Waals surface area (Å²) >= 11 is 0. The fourth-order valence-electron chi connectivity index (χ4n) is 3.78. The van der Waals surface area contributed by atoms with E-state index in [1.54, 1.807) is 7.11 Å². The van der Waals surface area contributed by atoms with Crippen LogP contribution < -0.4 is 5.32 Å². The Morgan fingerprint density at radius 1 is 1.10 bits per heavy atom. The van der Waals surface area contributed by atoms with Crippen molar-refractivity contribution in [3.63, 3.8) is 0 Å². The maximum Gasteiger partial charge on any atom is 0.0704 e. The van der Waals surface area contributed by atoms with E-state index in [0.29, 0.717) is 37.4 Å². The quantitative estimate of drug-likeness (QED) is 0.626. The summed E-state index contributed by atoms with van der Waals surface area (Å²) in [6, 6.07) is 0.685. The van der Waals surface area contributed by atoms with Crippen LogP contribution in [-0.4, -0.2) is 52.2 Å². The monoisotopic (exact) mass is 285 g/mol. The van der Waals surface area contributed by atoms with Gasteiger partial charge < -0.3 is 19.5 Å². The SMILES string of the molecule is CCCNC1CC(OCCOCCOC)C12CCCC2. The summed E-state index contributed by atoms with van der Waals surface area (Å²) in [6.07, 6.45) is 8.25. The molecule has 0 radical (unpaired) electrons. The molecule has 2 aliphatic carbocycles. The summed E-state index contributed by atoms with van der Waals surface area (Å²) in [6.45, 7) is 6.10. The zero-order valence-corrected chi connectivity index (χ0v) is 13.2. The van der Waals surface area contributed by atoms with E-state index in [2.05, 4.69) is 12.2 Å². The number of rotatable bonds is 10. The molecule has 2 atom stereocenters. The summed E-state index contributed by atoms with van der Waals surface area (Å²) < 4.78 is 16.5. The molecular formula is C16H31NO3. The standard InChI is InChI=1S/C16H31NO3/c1-3-8-17-14-13-15(16(14)6-4-5-7-16)20-12-11-19-10-9-18-2/h14-15,17H,3-13H2,1-2H3. The zero-order chi connectivity index (χ0) is 14.3. The first-order chi connectivity index (χ1) is 9.83. The Balaban J connectivity index is 1.67. The van der Waals surface area contributed by atoms with Crippen LogP contribution in [0.2, 0.25) is 0 Å². The van der Waals surface area contributed by atoms with Crippen LogP contribution in [0.1, 0.15) is 45.4 Å². The summed E-state index contributed by atoms with van der Waals surface area (Å²) in [5, 5.41) is 3.72. The van der Waals surface area contributed by atoms with E-state index < -0.39 is 0 Å². The van der Waals surface area contributed by atoms with Gasteiger partial charge in [-0.2, -0.15) is 0 Å². The average Bonchev–Trinajstić information content (AvgIpc) is 2.96. The van der Waals surface area contributed by atoms with Gasteiger partial charge in [-0.15, -0.1) is 0 Å². The second-order valence-electron chi connectivity index (χ2n) is 6.15. The lowest BCUT2D eigenvalue weighted by Crippen LogP contribution is -2.62. The van der Waals surface area contributed by atoms with Crippen molar-refractivity contribution in [2.24, 2.45) is 5.41 Å². The van der Waals surface area contributed by atoms with Gasteiger partial charge in [0, 0.05) is 18.6 Å². The molecule has 0 aromatic heterocycles. The predicted molar refractivity (Wildman–Crippen MR) is 80.0 cm³/mol. The van der Waals surface area contributed by atoms with Gasteiger partial charge in [-0.05, 0) is 32.2 Å². The van der Waals surface area contributed by atoms with Crippen molar-refractivity contribution in [2.75, 3.05) is 40.1 Å². The van der Waals surface area contributed by atoms with Crippen molar-refractivity contribution in [1.29, 1.82) is 0 Å². The van der Waals surface area contributed by atoms with Crippen molar-refractivity contribution < 1.29 is 14.2 Å². The molecule has 4 heteroatoms. The molecule has 2 unspecified atom stereocenters. The first kappa shape index (κ1) is 16.2. The molecule has 0 saturated heterocycles.